The van der Waals surface area contributed by atoms with Gasteiger partial charge in [-0.3, -0.25) is 4.90 Å². The fourth-order valence-corrected chi connectivity index (χ4v) is 2.79. The minimum atomic E-state index is 0.813. The molecule has 0 bridgehead atoms. The number of rotatable bonds is 6. The highest BCUT2D eigenvalue weighted by Gasteiger charge is 2.27. The second kappa shape index (κ2) is 6.49. The van der Waals surface area contributed by atoms with Crippen LogP contribution in [0.1, 0.15) is 46.5 Å². The molecule has 15 heavy (non-hydrogen) atoms. The second-order valence-corrected chi connectivity index (χ2v) is 5.48. The number of hydrogen-bond acceptors (Lipinski definition) is 2. The molecule has 2 N–H and O–H groups in total. The zero-order chi connectivity index (χ0) is 11.3. The van der Waals surface area contributed by atoms with Crippen molar-refractivity contribution in [3.63, 3.8) is 0 Å². The molecule has 2 atom stereocenters. The van der Waals surface area contributed by atoms with Gasteiger partial charge in [0.05, 0.1) is 0 Å². The van der Waals surface area contributed by atoms with Crippen LogP contribution in [0.4, 0.5) is 0 Å². The van der Waals surface area contributed by atoms with Crippen molar-refractivity contribution in [1.29, 1.82) is 0 Å². The van der Waals surface area contributed by atoms with Gasteiger partial charge in [0, 0.05) is 12.6 Å². The van der Waals surface area contributed by atoms with Crippen LogP contribution in [0.2, 0.25) is 0 Å². The van der Waals surface area contributed by atoms with Crippen LogP contribution >= 0.6 is 0 Å². The summed E-state index contributed by atoms with van der Waals surface area (Å²) < 4.78 is 0. The van der Waals surface area contributed by atoms with Crippen LogP contribution in [0.15, 0.2) is 0 Å². The topological polar surface area (TPSA) is 29.3 Å². The van der Waals surface area contributed by atoms with Crippen LogP contribution in [-0.4, -0.2) is 30.6 Å². The van der Waals surface area contributed by atoms with Gasteiger partial charge in [0.2, 0.25) is 0 Å². The molecule has 1 saturated heterocycles. The Hall–Kier alpha value is -0.0800. The zero-order valence-corrected chi connectivity index (χ0v) is 10.7. The van der Waals surface area contributed by atoms with E-state index in [1.807, 2.05) is 0 Å². The fourth-order valence-electron chi connectivity index (χ4n) is 2.79. The lowest BCUT2D eigenvalue weighted by Gasteiger charge is -2.30. The Morgan fingerprint density at radius 3 is 2.67 bits per heavy atom. The van der Waals surface area contributed by atoms with Crippen molar-refractivity contribution in [2.75, 3.05) is 19.6 Å². The number of hydrogen-bond donors (Lipinski definition) is 1. The average molecular weight is 212 g/mol. The van der Waals surface area contributed by atoms with Gasteiger partial charge >= 0.3 is 0 Å². The third-order valence-corrected chi connectivity index (χ3v) is 3.63. The van der Waals surface area contributed by atoms with Gasteiger partial charge in [-0.25, -0.2) is 0 Å². The summed E-state index contributed by atoms with van der Waals surface area (Å²) in [5.41, 5.74) is 5.55. The Bertz CT molecular complexity index is 168. The molecular formula is C13H28N2. The van der Waals surface area contributed by atoms with Gasteiger partial charge in [-0.05, 0) is 50.6 Å². The van der Waals surface area contributed by atoms with E-state index < -0.39 is 0 Å². The van der Waals surface area contributed by atoms with E-state index >= 15 is 0 Å². The Kier molecular flexibility index (Phi) is 5.62. The van der Waals surface area contributed by atoms with Crippen LogP contribution in [0.3, 0.4) is 0 Å². The maximum Gasteiger partial charge on any atom is 0.0119 e. The third kappa shape index (κ3) is 4.12. The largest absolute Gasteiger partial charge is 0.330 e. The summed E-state index contributed by atoms with van der Waals surface area (Å²) in [7, 11) is 0. The van der Waals surface area contributed by atoms with Crippen molar-refractivity contribution in [3.8, 4) is 0 Å². The minimum Gasteiger partial charge on any atom is -0.330 e. The molecule has 1 aliphatic heterocycles. The van der Waals surface area contributed by atoms with E-state index in [-0.39, 0.29) is 0 Å². The molecule has 1 rings (SSSR count). The molecular weight excluding hydrogens is 184 g/mol. The molecule has 2 unspecified atom stereocenters. The average Bonchev–Trinajstić information content (AvgIpc) is 2.62. The van der Waals surface area contributed by atoms with Crippen molar-refractivity contribution < 1.29 is 0 Å². The highest BCUT2D eigenvalue weighted by atomic mass is 15.2. The Balaban J connectivity index is 2.30. The predicted octanol–water partition coefficient (Wildman–Crippen LogP) is 2.48. The van der Waals surface area contributed by atoms with Crippen molar-refractivity contribution in [1.82, 2.24) is 4.90 Å². The summed E-state index contributed by atoms with van der Waals surface area (Å²) in [5.74, 6) is 1.63. The lowest BCUT2D eigenvalue weighted by molar-refractivity contribution is 0.178. The molecule has 0 spiro atoms. The third-order valence-electron chi connectivity index (χ3n) is 3.63. The minimum absolute atomic E-state index is 0.813. The van der Waals surface area contributed by atoms with Gasteiger partial charge in [0.15, 0.2) is 0 Å². The lowest BCUT2D eigenvalue weighted by Crippen LogP contribution is -2.36. The molecule has 0 aromatic rings. The molecule has 1 heterocycles. The van der Waals surface area contributed by atoms with Crippen LogP contribution in [0.25, 0.3) is 0 Å². The quantitative estimate of drug-likeness (QED) is 0.733. The van der Waals surface area contributed by atoms with Crippen LogP contribution in [0, 0.1) is 11.8 Å². The fraction of sp³-hybridized carbons (Fsp3) is 1.00. The summed E-state index contributed by atoms with van der Waals surface area (Å²) in [4.78, 5) is 2.70. The number of likely N-dealkylation sites (tertiary alicyclic amines) is 1. The monoisotopic (exact) mass is 212 g/mol. The first-order valence-corrected chi connectivity index (χ1v) is 6.59. The van der Waals surface area contributed by atoms with E-state index in [1.54, 1.807) is 0 Å². The van der Waals surface area contributed by atoms with Crippen molar-refractivity contribution >= 4 is 0 Å². The van der Waals surface area contributed by atoms with E-state index in [9.17, 15) is 0 Å². The van der Waals surface area contributed by atoms with E-state index in [0.29, 0.717) is 0 Å². The smallest absolute Gasteiger partial charge is 0.0119 e. The van der Waals surface area contributed by atoms with E-state index in [0.717, 1.165) is 24.4 Å². The van der Waals surface area contributed by atoms with Gasteiger partial charge in [-0.2, -0.15) is 0 Å². The van der Waals surface area contributed by atoms with E-state index in [2.05, 4.69) is 25.7 Å². The molecule has 2 heteroatoms. The van der Waals surface area contributed by atoms with Gasteiger partial charge in [-0.15, -0.1) is 0 Å². The molecule has 1 fully saturated rings. The van der Waals surface area contributed by atoms with Gasteiger partial charge in [0.1, 0.15) is 0 Å². The van der Waals surface area contributed by atoms with E-state index in [1.165, 1.54) is 38.8 Å². The summed E-state index contributed by atoms with van der Waals surface area (Å²) in [5, 5.41) is 0. The first kappa shape index (κ1) is 13.0. The van der Waals surface area contributed by atoms with Crippen molar-refractivity contribution in [2.45, 2.75) is 52.5 Å². The second-order valence-electron chi connectivity index (χ2n) is 5.48. The van der Waals surface area contributed by atoms with Gasteiger partial charge < -0.3 is 5.73 Å². The molecule has 0 saturated carbocycles. The highest BCUT2D eigenvalue weighted by molar-refractivity contribution is 4.82. The summed E-state index contributed by atoms with van der Waals surface area (Å²) >= 11 is 0. The molecule has 2 nitrogen and oxygen atoms in total. The normalized spacial score (nSPS) is 25.0. The maximum atomic E-state index is 5.55. The number of nitrogens with two attached hydrogens (primary N) is 1. The SMILES string of the molecule is CC(CCCN)CN1CCCC1C(C)C. The molecule has 0 amide bonds. The van der Waals surface area contributed by atoms with E-state index in [4.69, 9.17) is 5.73 Å². The van der Waals surface area contributed by atoms with Crippen LogP contribution < -0.4 is 5.73 Å². The van der Waals surface area contributed by atoms with Gasteiger partial charge in [-0.1, -0.05) is 20.8 Å². The first-order chi connectivity index (χ1) is 7.15. The summed E-state index contributed by atoms with van der Waals surface area (Å²) in [6, 6.07) is 0.838. The Morgan fingerprint density at radius 2 is 2.07 bits per heavy atom. The molecule has 0 aliphatic carbocycles. The number of nitrogens with zero attached hydrogens (tertiary/aromatic N) is 1. The zero-order valence-electron chi connectivity index (χ0n) is 10.7. The predicted molar refractivity (Wildman–Crippen MR) is 66.9 cm³/mol. The lowest BCUT2D eigenvalue weighted by atomic mass is 9.99. The first-order valence-electron chi connectivity index (χ1n) is 6.59. The summed E-state index contributed by atoms with van der Waals surface area (Å²) in [6.07, 6.45) is 5.27. The Labute approximate surface area is 95.2 Å². The maximum absolute atomic E-state index is 5.55. The van der Waals surface area contributed by atoms with Crippen LogP contribution in [-0.2, 0) is 0 Å². The van der Waals surface area contributed by atoms with Crippen molar-refractivity contribution in [3.05, 3.63) is 0 Å². The summed E-state index contributed by atoms with van der Waals surface area (Å²) in [6.45, 7) is 10.5. The highest BCUT2D eigenvalue weighted by Crippen LogP contribution is 2.25. The van der Waals surface area contributed by atoms with Crippen molar-refractivity contribution in [2.24, 2.45) is 17.6 Å². The standard InChI is InChI=1S/C13H28N2/c1-11(2)13-7-5-9-15(13)10-12(3)6-4-8-14/h11-13H,4-10,14H2,1-3H3. The molecule has 0 aromatic heterocycles. The van der Waals surface area contributed by atoms with Crippen LogP contribution in [0.5, 0.6) is 0 Å². The molecule has 90 valence electrons. The van der Waals surface area contributed by atoms with Gasteiger partial charge in [0.25, 0.3) is 0 Å². The molecule has 1 aliphatic rings. The molecule has 0 aromatic carbocycles. The molecule has 0 radical (unpaired) electrons. The Morgan fingerprint density at radius 1 is 1.33 bits per heavy atom.